The van der Waals surface area contributed by atoms with E-state index in [9.17, 15) is 0 Å². The highest BCUT2D eigenvalue weighted by Crippen LogP contribution is 2.17. The third kappa shape index (κ3) is 9.15. The summed E-state index contributed by atoms with van der Waals surface area (Å²) in [5.74, 6) is 0. The molecular weight excluding hydrogens is 518 g/mol. The zero-order valence-electron chi connectivity index (χ0n) is 26.0. The van der Waals surface area contributed by atoms with Gasteiger partial charge in [0.25, 0.3) is 0 Å². The summed E-state index contributed by atoms with van der Waals surface area (Å²) in [4.78, 5) is 4.29. The molecule has 0 spiro atoms. The summed E-state index contributed by atoms with van der Waals surface area (Å²) in [7, 11) is 9.99. The molecule has 0 unspecified atom stereocenters. The predicted molar refractivity (Wildman–Crippen MR) is 179 cm³/mol. The van der Waals surface area contributed by atoms with Gasteiger partial charge in [0.05, 0.1) is 6.61 Å². The molecule has 0 saturated carbocycles. The number of methoxy groups -OCH3 is 1. The monoisotopic (exact) mass is 562 g/mol. The fourth-order valence-electron chi connectivity index (χ4n) is 4.87. The van der Waals surface area contributed by atoms with Gasteiger partial charge in [-0.1, -0.05) is 103 Å². The number of aryl methyl sites for hydroxylation is 1. The number of ether oxygens (including phenoxy) is 1. The fraction of sp³-hybridized carbons (Fsp3) is 0.314. The molecule has 0 amide bonds. The normalized spacial score (nSPS) is 11.3. The molecule has 0 aliphatic rings. The summed E-state index contributed by atoms with van der Waals surface area (Å²) >= 11 is 0. The fourth-order valence-corrected chi connectivity index (χ4v) is 4.87. The van der Waals surface area contributed by atoms with E-state index in [0.717, 1.165) is 35.0 Å². The molecule has 0 fully saturated rings. The van der Waals surface area contributed by atoms with Gasteiger partial charge >= 0.3 is 13.8 Å². The molecule has 0 aromatic heterocycles. The van der Waals surface area contributed by atoms with Gasteiger partial charge in [0, 0.05) is 33.4 Å². The second kappa shape index (κ2) is 15.9. The predicted octanol–water partition coefficient (Wildman–Crippen LogP) is 3.18. The molecule has 4 aromatic rings. The van der Waals surface area contributed by atoms with Crippen LogP contribution in [0.15, 0.2) is 97.1 Å². The van der Waals surface area contributed by atoms with Gasteiger partial charge in [0.1, 0.15) is 0 Å². The summed E-state index contributed by atoms with van der Waals surface area (Å²) in [6.07, 6.45) is 0. The zero-order valence-corrected chi connectivity index (χ0v) is 26.0. The molecule has 42 heavy (non-hydrogen) atoms. The van der Waals surface area contributed by atoms with Crippen molar-refractivity contribution in [3.05, 3.63) is 108 Å². The first-order valence-corrected chi connectivity index (χ1v) is 14.7. The third-order valence-corrected chi connectivity index (χ3v) is 7.38. The minimum atomic E-state index is -0.132. The molecule has 0 aliphatic heterocycles. The van der Waals surface area contributed by atoms with Crippen molar-refractivity contribution in [2.24, 2.45) is 0 Å². The Labute approximate surface area is 253 Å². The maximum atomic E-state index is 6.42. The Morgan fingerprint density at radius 3 is 1.24 bits per heavy atom. The first-order chi connectivity index (χ1) is 20.3. The van der Waals surface area contributed by atoms with Crippen LogP contribution < -0.4 is 21.9 Å². The highest BCUT2D eigenvalue weighted by atomic mass is 16.5. The molecule has 0 radical (unpaired) electrons. The van der Waals surface area contributed by atoms with Crippen LogP contribution in [0.1, 0.15) is 11.1 Å². The summed E-state index contributed by atoms with van der Waals surface area (Å²) in [6, 6.07) is 34.7. The van der Waals surface area contributed by atoms with Crippen molar-refractivity contribution < 1.29 is 14.0 Å². The van der Waals surface area contributed by atoms with Crippen molar-refractivity contribution in [3.8, 4) is 11.1 Å². The van der Waals surface area contributed by atoms with E-state index < -0.39 is 0 Å². The van der Waals surface area contributed by atoms with E-state index in [0.29, 0.717) is 19.8 Å². The van der Waals surface area contributed by atoms with Crippen LogP contribution in [0.2, 0.25) is 0 Å². The molecule has 0 heterocycles. The average molecular weight is 562 g/mol. The number of rotatable bonds is 15. The molecule has 0 saturated heterocycles. The van der Waals surface area contributed by atoms with Crippen LogP contribution in [-0.4, -0.2) is 85.2 Å². The second-order valence-electron chi connectivity index (χ2n) is 11.4. The smallest absolute Gasteiger partial charge is 0.361 e. The molecule has 0 atom stereocenters. The molecule has 7 heteroatoms. The lowest BCUT2D eigenvalue weighted by molar-refractivity contribution is 0.185. The van der Waals surface area contributed by atoms with Crippen LogP contribution >= 0.6 is 0 Å². The maximum Gasteiger partial charge on any atom is 0.361 e. The van der Waals surface area contributed by atoms with Crippen molar-refractivity contribution in [2.75, 3.05) is 61.6 Å². The SMILES string of the molecule is COCc1ccc(B(OCCN(C)C)c2ccc(-c3ccc(B(OCCN(C)C)c4ccc(C)cc4)cc3)cc2)cc1. The summed E-state index contributed by atoms with van der Waals surface area (Å²) in [5.41, 5.74) is 9.36. The van der Waals surface area contributed by atoms with Gasteiger partial charge in [-0.3, -0.25) is 0 Å². The molecule has 5 nitrogen and oxygen atoms in total. The van der Waals surface area contributed by atoms with Gasteiger partial charge in [-0.05, 0) is 73.7 Å². The number of hydrogen-bond donors (Lipinski definition) is 0. The Balaban J connectivity index is 1.53. The van der Waals surface area contributed by atoms with Crippen LogP contribution in [-0.2, 0) is 20.7 Å². The minimum Gasteiger partial charge on any atom is -0.426 e. The molecule has 0 N–H and O–H groups in total. The maximum absolute atomic E-state index is 6.42. The van der Waals surface area contributed by atoms with Crippen LogP contribution in [0.4, 0.5) is 0 Å². The number of nitrogens with zero attached hydrogens (tertiary/aromatic N) is 2. The minimum absolute atomic E-state index is 0.0997. The first-order valence-electron chi connectivity index (χ1n) is 14.7. The molecule has 0 aliphatic carbocycles. The standard InChI is InChI=1S/C35H44B2N2O3/c1-28-7-15-32(16-8-28)36(41-25-23-38(2)3)34-19-11-30(12-20-34)31-13-21-35(22-14-31)37(42-26-24-39(4)5)33-17-9-29(10-18-33)27-40-6/h7-22H,23-27H2,1-6H3. The summed E-state index contributed by atoms with van der Waals surface area (Å²) in [6.45, 7) is 5.55. The lowest BCUT2D eigenvalue weighted by Gasteiger charge is -2.19. The van der Waals surface area contributed by atoms with Crippen molar-refractivity contribution in [1.29, 1.82) is 0 Å². The van der Waals surface area contributed by atoms with Gasteiger partial charge in [-0.15, -0.1) is 0 Å². The topological polar surface area (TPSA) is 34.2 Å². The zero-order chi connectivity index (χ0) is 29.9. The van der Waals surface area contributed by atoms with Gasteiger partial charge in [0.2, 0.25) is 0 Å². The lowest BCUT2D eigenvalue weighted by atomic mass is 9.55. The molecule has 218 valence electrons. The lowest BCUT2D eigenvalue weighted by Crippen LogP contribution is -2.46. The Hall–Kier alpha value is -3.19. The van der Waals surface area contributed by atoms with E-state index in [-0.39, 0.29) is 13.8 Å². The molecule has 4 aromatic carbocycles. The number of benzene rings is 4. The Morgan fingerprint density at radius 2 is 0.881 bits per heavy atom. The van der Waals surface area contributed by atoms with Crippen LogP contribution in [0.3, 0.4) is 0 Å². The summed E-state index contributed by atoms with van der Waals surface area (Å²) in [5, 5.41) is 0. The highest BCUT2D eigenvalue weighted by molar-refractivity contribution is 6.80. The van der Waals surface area contributed by atoms with E-state index in [1.54, 1.807) is 7.11 Å². The molecular formula is C35H44B2N2O3. The van der Waals surface area contributed by atoms with E-state index in [4.69, 9.17) is 14.0 Å². The van der Waals surface area contributed by atoms with Gasteiger partial charge in [-0.25, -0.2) is 0 Å². The Morgan fingerprint density at radius 1 is 0.524 bits per heavy atom. The molecule has 0 bridgehead atoms. The van der Waals surface area contributed by atoms with Crippen LogP contribution in [0.25, 0.3) is 11.1 Å². The van der Waals surface area contributed by atoms with Crippen molar-refractivity contribution in [1.82, 2.24) is 9.80 Å². The Kier molecular flexibility index (Phi) is 12.0. The average Bonchev–Trinajstić information content (AvgIpc) is 2.99. The number of likely N-dealkylation sites (N-methyl/N-ethyl adjacent to an activating group) is 2. The van der Waals surface area contributed by atoms with Gasteiger partial charge in [0.15, 0.2) is 0 Å². The van der Waals surface area contributed by atoms with Gasteiger partial charge in [-0.2, -0.15) is 0 Å². The van der Waals surface area contributed by atoms with Crippen molar-refractivity contribution >= 4 is 35.7 Å². The van der Waals surface area contributed by atoms with E-state index in [1.165, 1.54) is 22.2 Å². The first kappa shape index (κ1) is 31.7. The highest BCUT2D eigenvalue weighted by Gasteiger charge is 2.23. The van der Waals surface area contributed by atoms with Crippen molar-refractivity contribution in [3.63, 3.8) is 0 Å². The summed E-state index contributed by atoms with van der Waals surface area (Å²) < 4.78 is 18.1. The van der Waals surface area contributed by atoms with Crippen LogP contribution in [0.5, 0.6) is 0 Å². The molecule has 4 rings (SSSR count). The largest absolute Gasteiger partial charge is 0.426 e. The second-order valence-corrected chi connectivity index (χ2v) is 11.4. The van der Waals surface area contributed by atoms with Gasteiger partial charge < -0.3 is 23.8 Å². The van der Waals surface area contributed by atoms with E-state index >= 15 is 0 Å². The third-order valence-electron chi connectivity index (χ3n) is 7.38. The quantitative estimate of drug-likeness (QED) is 0.208. The Bertz CT molecular complexity index is 1340. The van der Waals surface area contributed by atoms with Crippen LogP contribution in [0, 0.1) is 6.92 Å². The van der Waals surface area contributed by atoms with E-state index in [1.807, 2.05) is 0 Å². The van der Waals surface area contributed by atoms with E-state index in [2.05, 4.69) is 142 Å². The number of hydrogen-bond acceptors (Lipinski definition) is 5. The van der Waals surface area contributed by atoms with Crippen molar-refractivity contribution in [2.45, 2.75) is 13.5 Å².